The highest BCUT2D eigenvalue weighted by atomic mass is 16.5. The first kappa shape index (κ1) is 11.5. The van der Waals surface area contributed by atoms with Gasteiger partial charge in [0.2, 0.25) is 5.89 Å². The van der Waals surface area contributed by atoms with Gasteiger partial charge in [-0.25, -0.2) is 0 Å². The Labute approximate surface area is 96.0 Å². The van der Waals surface area contributed by atoms with Crippen LogP contribution in [0.3, 0.4) is 0 Å². The van der Waals surface area contributed by atoms with Crippen molar-refractivity contribution in [2.24, 2.45) is 5.73 Å². The molecule has 2 rings (SSSR count). The maximum Gasteiger partial charge on any atom is 0.223 e. The third-order valence-electron chi connectivity index (χ3n) is 3.19. The standard InChI is InChI=1S/C11H20N4O/c1-8(12)10-5-3-4-6-15(10)7-11-13-9(2)16-14-11/h8,10H,3-7,12H2,1-2H3. The summed E-state index contributed by atoms with van der Waals surface area (Å²) in [7, 11) is 0. The van der Waals surface area contributed by atoms with Gasteiger partial charge in [-0.1, -0.05) is 11.6 Å². The number of likely N-dealkylation sites (tertiary alicyclic amines) is 1. The smallest absolute Gasteiger partial charge is 0.223 e. The summed E-state index contributed by atoms with van der Waals surface area (Å²) in [6, 6.07) is 0.654. The van der Waals surface area contributed by atoms with Gasteiger partial charge in [0.05, 0.1) is 6.54 Å². The van der Waals surface area contributed by atoms with E-state index in [4.69, 9.17) is 10.3 Å². The summed E-state index contributed by atoms with van der Waals surface area (Å²) in [6.07, 6.45) is 3.68. The molecule has 2 heterocycles. The molecular formula is C11H20N4O. The van der Waals surface area contributed by atoms with Crippen LogP contribution in [0.5, 0.6) is 0 Å². The van der Waals surface area contributed by atoms with Gasteiger partial charge in [0, 0.05) is 19.0 Å². The van der Waals surface area contributed by atoms with Gasteiger partial charge < -0.3 is 10.3 Å². The Kier molecular flexibility index (Phi) is 3.56. The quantitative estimate of drug-likeness (QED) is 0.832. The van der Waals surface area contributed by atoms with E-state index in [9.17, 15) is 0 Å². The molecule has 2 N–H and O–H groups in total. The molecule has 0 aromatic carbocycles. The number of nitrogens with two attached hydrogens (primary N) is 1. The maximum atomic E-state index is 6.01. The fourth-order valence-electron chi connectivity index (χ4n) is 2.40. The number of aromatic nitrogens is 2. The zero-order chi connectivity index (χ0) is 11.5. The van der Waals surface area contributed by atoms with Crippen LogP contribution in [0.1, 0.15) is 37.9 Å². The van der Waals surface area contributed by atoms with Gasteiger partial charge in [0.1, 0.15) is 0 Å². The summed E-state index contributed by atoms with van der Waals surface area (Å²) in [5.41, 5.74) is 6.01. The molecule has 0 radical (unpaired) electrons. The van der Waals surface area contributed by atoms with Crippen molar-refractivity contribution in [3.8, 4) is 0 Å². The highest BCUT2D eigenvalue weighted by molar-refractivity contribution is 4.89. The molecule has 2 unspecified atom stereocenters. The molecule has 2 atom stereocenters. The van der Waals surface area contributed by atoms with E-state index in [0.29, 0.717) is 11.9 Å². The third-order valence-corrected chi connectivity index (χ3v) is 3.19. The van der Waals surface area contributed by atoms with Crippen molar-refractivity contribution < 1.29 is 4.52 Å². The molecule has 1 saturated heterocycles. The minimum atomic E-state index is 0.202. The van der Waals surface area contributed by atoms with Gasteiger partial charge in [-0.15, -0.1) is 0 Å². The minimum Gasteiger partial charge on any atom is -0.340 e. The third kappa shape index (κ3) is 2.59. The van der Waals surface area contributed by atoms with Crippen LogP contribution in [-0.4, -0.2) is 33.7 Å². The molecule has 16 heavy (non-hydrogen) atoms. The van der Waals surface area contributed by atoms with Crippen LogP contribution < -0.4 is 5.73 Å². The largest absolute Gasteiger partial charge is 0.340 e. The Morgan fingerprint density at radius 3 is 3.00 bits per heavy atom. The van der Waals surface area contributed by atoms with Crippen molar-refractivity contribution in [3.63, 3.8) is 0 Å². The number of hydrogen-bond donors (Lipinski definition) is 1. The molecule has 1 aliphatic heterocycles. The van der Waals surface area contributed by atoms with Crippen LogP contribution in [0.2, 0.25) is 0 Å². The molecule has 1 aliphatic rings. The average Bonchev–Trinajstić information content (AvgIpc) is 2.64. The van der Waals surface area contributed by atoms with E-state index in [2.05, 4.69) is 22.0 Å². The van der Waals surface area contributed by atoms with Crippen LogP contribution in [-0.2, 0) is 6.54 Å². The Bertz CT molecular complexity index is 336. The maximum absolute atomic E-state index is 6.01. The van der Waals surface area contributed by atoms with E-state index in [-0.39, 0.29) is 6.04 Å². The number of rotatable bonds is 3. The summed E-state index contributed by atoms with van der Waals surface area (Å²) in [5, 5.41) is 3.94. The first-order valence-corrected chi connectivity index (χ1v) is 5.95. The van der Waals surface area contributed by atoms with Gasteiger partial charge in [-0.2, -0.15) is 4.98 Å². The summed E-state index contributed by atoms with van der Waals surface area (Å²) in [5.74, 6) is 1.40. The Balaban J connectivity index is 2.01. The molecule has 1 aromatic heterocycles. The van der Waals surface area contributed by atoms with Crippen LogP contribution in [0, 0.1) is 6.92 Å². The van der Waals surface area contributed by atoms with Crippen molar-refractivity contribution in [2.75, 3.05) is 6.54 Å². The second-order valence-electron chi connectivity index (χ2n) is 4.62. The Hall–Kier alpha value is -0.940. The molecule has 1 aromatic rings. The fourth-order valence-corrected chi connectivity index (χ4v) is 2.40. The normalized spacial score (nSPS) is 24.6. The van der Waals surface area contributed by atoms with Gasteiger partial charge >= 0.3 is 0 Å². The molecule has 5 heteroatoms. The van der Waals surface area contributed by atoms with Crippen molar-refractivity contribution in [1.29, 1.82) is 0 Å². The van der Waals surface area contributed by atoms with Crippen molar-refractivity contribution in [2.45, 2.75) is 51.7 Å². The molecule has 90 valence electrons. The van der Waals surface area contributed by atoms with E-state index >= 15 is 0 Å². The lowest BCUT2D eigenvalue weighted by Crippen LogP contribution is -2.48. The van der Waals surface area contributed by atoms with E-state index in [1.54, 1.807) is 0 Å². The summed E-state index contributed by atoms with van der Waals surface area (Å²) in [6.45, 7) is 5.73. The van der Waals surface area contributed by atoms with Crippen LogP contribution in [0.15, 0.2) is 4.52 Å². The van der Waals surface area contributed by atoms with Gasteiger partial charge in [0.25, 0.3) is 0 Å². The molecule has 0 saturated carbocycles. The van der Waals surface area contributed by atoms with Gasteiger partial charge in [-0.05, 0) is 26.3 Å². The second kappa shape index (κ2) is 4.93. The average molecular weight is 224 g/mol. The number of piperidine rings is 1. The van der Waals surface area contributed by atoms with Crippen molar-refractivity contribution in [3.05, 3.63) is 11.7 Å². The molecule has 0 bridgehead atoms. The summed E-state index contributed by atoms with van der Waals surface area (Å²) < 4.78 is 4.98. The lowest BCUT2D eigenvalue weighted by Gasteiger charge is -2.37. The van der Waals surface area contributed by atoms with Crippen LogP contribution >= 0.6 is 0 Å². The summed E-state index contributed by atoms with van der Waals surface area (Å²) >= 11 is 0. The highest BCUT2D eigenvalue weighted by Crippen LogP contribution is 2.20. The zero-order valence-electron chi connectivity index (χ0n) is 10.0. The van der Waals surface area contributed by atoms with Crippen molar-refractivity contribution >= 4 is 0 Å². The fraction of sp³-hybridized carbons (Fsp3) is 0.818. The SMILES string of the molecule is Cc1nc(CN2CCCCC2C(C)N)no1. The Morgan fingerprint density at radius 2 is 2.38 bits per heavy atom. The number of hydrogen-bond acceptors (Lipinski definition) is 5. The van der Waals surface area contributed by atoms with E-state index in [0.717, 1.165) is 18.9 Å². The van der Waals surface area contributed by atoms with Gasteiger partial charge in [-0.3, -0.25) is 4.90 Å². The minimum absolute atomic E-state index is 0.202. The topological polar surface area (TPSA) is 68.2 Å². The Morgan fingerprint density at radius 1 is 1.56 bits per heavy atom. The second-order valence-corrected chi connectivity index (χ2v) is 4.62. The molecule has 0 aliphatic carbocycles. The lowest BCUT2D eigenvalue weighted by atomic mass is 9.97. The van der Waals surface area contributed by atoms with Crippen molar-refractivity contribution in [1.82, 2.24) is 15.0 Å². The molecule has 5 nitrogen and oxygen atoms in total. The zero-order valence-corrected chi connectivity index (χ0v) is 10.0. The molecule has 0 amide bonds. The van der Waals surface area contributed by atoms with Crippen LogP contribution in [0.4, 0.5) is 0 Å². The molecule has 0 spiro atoms. The predicted molar refractivity (Wildman–Crippen MR) is 60.7 cm³/mol. The highest BCUT2D eigenvalue weighted by Gasteiger charge is 2.26. The first-order chi connectivity index (χ1) is 7.66. The number of aryl methyl sites for hydroxylation is 1. The van der Waals surface area contributed by atoms with Crippen LogP contribution in [0.25, 0.3) is 0 Å². The monoisotopic (exact) mass is 224 g/mol. The van der Waals surface area contributed by atoms with Gasteiger partial charge in [0.15, 0.2) is 5.82 Å². The van der Waals surface area contributed by atoms with E-state index in [1.807, 2.05) is 6.92 Å². The van der Waals surface area contributed by atoms with E-state index < -0.39 is 0 Å². The molecule has 1 fully saturated rings. The lowest BCUT2D eigenvalue weighted by molar-refractivity contribution is 0.118. The predicted octanol–water partition coefficient (Wildman–Crippen LogP) is 1.08. The van der Waals surface area contributed by atoms with E-state index in [1.165, 1.54) is 19.3 Å². The molecular weight excluding hydrogens is 204 g/mol. The summed E-state index contributed by atoms with van der Waals surface area (Å²) in [4.78, 5) is 6.61. The number of nitrogens with zero attached hydrogens (tertiary/aromatic N) is 3. The first-order valence-electron chi connectivity index (χ1n) is 5.95.